The van der Waals surface area contributed by atoms with Crippen LogP contribution in [0.15, 0.2) is 24.3 Å². The van der Waals surface area contributed by atoms with E-state index in [4.69, 9.17) is 0 Å². The summed E-state index contributed by atoms with van der Waals surface area (Å²) in [6.45, 7) is 10.9. The lowest BCUT2D eigenvalue weighted by molar-refractivity contribution is -0.999. The lowest BCUT2D eigenvalue weighted by Gasteiger charge is -2.26. The summed E-state index contributed by atoms with van der Waals surface area (Å²) in [4.78, 5) is 15.4. The van der Waals surface area contributed by atoms with Crippen molar-refractivity contribution >= 4 is 11.6 Å². The van der Waals surface area contributed by atoms with E-state index in [0.29, 0.717) is 6.54 Å². The molecule has 0 aliphatic carbocycles. The molecule has 1 aromatic carbocycles. The first-order valence-corrected chi connectivity index (χ1v) is 9.02. The van der Waals surface area contributed by atoms with Crippen molar-refractivity contribution in [2.24, 2.45) is 0 Å². The standard InChI is InChI=1S/C19H27N5O/c1-14-5-7-17(8-6-14)24-16(3)19(15(2)21-24)20-18(25)13-23-11-9-22(4)10-12-23/h5-8H,9-13H2,1-4H3,(H,20,25)/p+2. The Morgan fingerprint density at radius 1 is 1.12 bits per heavy atom. The highest BCUT2D eigenvalue weighted by molar-refractivity contribution is 5.92. The first-order valence-electron chi connectivity index (χ1n) is 9.02. The number of amides is 1. The molecule has 6 heteroatoms. The van der Waals surface area contributed by atoms with Crippen LogP contribution in [-0.2, 0) is 4.79 Å². The van der Waals surface area contributed by atoms with Gasteiger partial charge in [-0.05, 0) is 32.9 Å². The smallest absolute Gasteiger partial charge is 0.279 e. The molecular formula is C19H29N5O+2. The van der Waals surface area contributed by atoms with Gasteiger partial charge in [0, 0.05) is 0 Å². The van der Waals surface area contributed by atoms with Crippen LogP contribution in [0, 0.1) is 20.8 Å². The number of nitrogens with one attached hydrogen (secondary N) is 3. The number of piperazine rings is 1. The topological polar surface area (TPSA) is 55.8 Å². The molecule has 1 aliphatic heterocycles. The van der Waals surface area contributed by atoms with Crippen molar-refractivity contribution in [1.29, 1.82) is 0 Å². The summed E-state index contributed by atoms with van der Waals surface area (Å²) >= 11 is 0. The zero-order valence-corrected chi connectivity index (χ0v) is 15.6. The van der Waals surface area contributed by atoms with Crippen LogP contribution in [0.25, 0.3) is 5.69 Å². The van der Waals surface area contributed by atoms with Gasteiger partial charge >= 0.3 is 0 Å². The zero-order valence-electron chi connectivity index (χ0n) is 15.6. The minimum Gasteiger partial charge on any atom is -0.328 e. The predicted octanol–water partition coefficient (Wildman–Crippen LogP) is -0.851. The number of carbonyl (C=O) groups excluding carboxylic acids is 1. The fourth-order valence-electron chi connectivity index (χ4n) is 3.38. The molecule has 0 unspecified atom stereocenters. The van der Waals surface area contributed by atoms with E-state index < -0.39 is 0 Å². The van der Waals surface area contributed by atoms with Crippen molar-refractivity contribution in [2.45, 2.75) is 20.8 Å². The predicted molar refractivity (Wildman–Crippen MR) is 98.6 cm³/mol. The number of aryl methyl sites for hydroxylation is 2. The molecule has 1 saturated heterocycles. The van der Waals surface area contributed by atoms with E-state index in [-0.39, 0.29) is 5.91 Å². The van der Waals surface area contributed by atoms with Crippen LogP contribution in [0.3, 0.4) is 0 Å². The molecule has 3 N–H and O–H groups in total. The highest BCUT2D eigenvalue weighted by atomic mass is 16.2. The summed E-state index contributed by atoms with van der Waals surface area (Å²) in [6, 6.07) is 8.25. The quantitative estimate of drug-likeness (QED) is 0.677. The summed E-state index contributed by atoms with van der Waals surface area (Å²) in [7, 11) is 2.21. The van der Waals surface area contributed by atoms with Crippen molar-refractivity contribution in [3.05, 3.63) is 41.2 Å². The van der Waals surface area contributed by atoms with Gasteiger partial charge in [0.05, 0.1) is 29.8 Å². The van der Waals surface area contributed by atoms with Gasteiger partial charge in [0.25, 0.3) is 5.91 Å². The maximum Gasteiger partial charge on any atom is 0.279 e. The number of hydrogen-bond donors (Lipinski definition) is 3. The van der Waals surface area contributed by atoms with Crippen LogP contribution in [0.1, 0.15) is 17.0 Å². The van der Waals surface area contributed by atoms with Gasteiger partial charge in [-0.2, -0.15) is 5.10 Å². The first-order chi connectivity index (χ1) is 11.9. The Hall–Kier alpha value is -2.18. The van der Waals surface area contributed by atoms with Gasteiger partial charge in [-0.25, -0.2) is 4.68 Å². The average molecular weight is 343 g/mol. The maximum atomic E-state index is 12.5. The Morgan fingerprint density at radius 3 is 2.40 bits per heavy atom. The Labute approximate surface area is 149 Å². The van der Waals surface area contributed by atoms with Crippen LogP contribution in [-0.4, -0.2) is 55.5 Å². The number of rotatable bonds is 4. The number of carbonyl (C=O) groups is 1. The van der Waals surface area contributed by atoms with Gasteiger partial charge < -0.3 is 15.1 Å². The third kappa shape index (κ3) is 4.08. The summed E-state index contributed by atoms with van der Waals surface area (Å²) in [5, 5.41) is 7.70. The average Bonchev–Trinajstić information content (AvgIpc) is 2.86. The number of nitrogens with zero attached hydrogens (tertiary/aromatic N) is 2. The van der Waals surface area contributed by atoms with Crippen LogP contribution in [0.5, 0.6) is 0 Å². The number of hydrogen-bond acceptors (Lipinski definition) is 2. The number of quaternary nitrogens is 2. The van der Waals surface area contributed by atoms with Crippen molar-refractivity contribution in [1.82, 2.24) is 9.78 Å². The first kappa shape index (κ1) is 17.6. The minimum absolute atomic E-state index is 0.0733. The molecule has 0 spiro atoms. The molecule has 2 heterocycles. The fraction of sp³-hybridized carbons (Fsp3) is 0.474. The summed E-state index contributed by atoms with van der Waals surface area (Å²) in [5.41, 5.74) is 4.89. The van der Waals surface area contributed by atoms with Crippen LogP contribution >= 0.6 is 0 Å². The van der Waals surface area contributed by atoms with Gasteiger partial charge in [0.15, 0.2) is 6.54 Å². The Balaban J connectivity index is 1.70. The molecule has 0 radical (unpaired) electrons. The molecule has 134 valence electrons. The highest BCUT2D eigenvalue weighted by Crippen LogP contribution is 2.22. The van der Waals surface area contributed by atoms with Gasteiger partial charge in [0.1, 0.15) is 26.2 Å². The van der Waals surface area contributed by atoms with E-state index in [0.717, 1.165) is 48.9 Å². The second-order valence-electron chi connectivity index (χ2n) is 7.23. The Morgan fingerprint density at radius 2 is 1.76 bits per heavy atom. The maximum absolute atomic E-state index is 12.5. The molecule has 1 amide bonds. The van der Waals surface area contributed by atoms with Gasteiger partial charge in [-0.1, -0.05) is 17.7 Å². The number of benzene rings is 1. The fourth-order valence-corrected chi connectivity index (χ4v) is 3.38. The van der Waals surface area contributed by atoms with Gasteiger partial charge in [-0.15, -0.1) is 0 Å². The third-order valence-electron chi connectivity index (χ3n) is 5.06. The molecule has 0 atom stereocenters. The monoisotopic (exact) mass is 343 g/mol. The van der Waals surface area contributed by atoms with E-state index in [1.165, 1.54) is 10.5 Å². The highest BCUT2D eigenvalue weighted by Gasteiger charge is 2.23. The number of anilines is 1. The molecule has 1 aliphatic rings. The molecule has 6 nitrogen and oxygen atoms in total. The summed E-state index contributed by atoms with van der Waals surface area (Å²) in [6.07, 6.45) is 0. The van der Waals surface area contributed by atoms with E-state index in [1.807, 2.05) is 18.5 Å². The molecule has 25 heavy (non-hydrogen) atoms. The zero-order chi connectivity index (χ0) is 18.0. The Bertz CT molecular complexity index is 742. The van der Waals surface area contributed by atoms with Gasteiger partial charge in [-0.3, -0.25) is 4.79 Å². The molecule has 0 bridgehead atoms. The molecule has 1 aromatic heterocycles. The van der Waals surface area contributed by atoms with E-state index in [1.54, 1.807) is 4.90 Å². The van der Waals surface area contributed by atoms with Crippen molar-refractivity contribution in [3.63, 3.8) is 0 Å². The largest absolute Gasteiger partial charge is 0.328 e. The third-order valence-corrected chi connectivity index (χ3v) is 5.06. The number of likely N-dealkylation sites (N-methyl/N-ethyl adjacent to an activating group) is 1. The van der Waals surface area contributed by atoms with Crippen LogP contribution in [0.2, 0.25) is 0 Å². The molecule has 3 rings (SSSR count). The Kier molecular flexibility index (Phi) is 5.20. The molecule has 0 saturated carbocycles. The second kappa shape index (κ2) is 7.37. The molecule has 1 fully saturated rings. The molecular weight excluding hydrogens is 314 g/mol. The minimum atomic E-state index is 0.0733. The lowest BCUT2D eigenvalue weighted by atomic mass is 10.2. The van der Waals surface area contributed by atoms with E-state index in [2.05, 4.69) is 48.7 Å². The lowest BCUT2D eigenvalue weighted by Crippen LogP contribution is -3.27. The van der Waals surface area contributed by atoms with Crippen molar-refractivity contribution < 1.29 is 14.6 Å². The van der Waals surface area contributed by atoms with Crippen molar-refractivity contribution in [2.75, 3.05) is 45.1 Å². The summed E-state index contributed by atoms with van der Waals surface area (Å²) < 4.78 is 1.90. The number of aromatic nitrogens is 2. The van der Waals surface area contributed by atoms with E-state index in [9.17, 15) is 4.79 Å². The SMILES string of the molecule is Cc1ccc(-n2nc(C)c(NC(=O)C[NH+]3CC[NH+](C)CC3)c2C)cc1. The second-order valence-corrected chi connectivity index (χ2v) is 7.23. The van der Waals surface area contributed by atoms with Crippen LogP contribution in [0.4, 0.5) is 5.69 Å². The van der Waals surface area contributed by atoms with Crippen LogP contribution < -0.4 is 15.1 Å². The van der Waals surface area contributed by atoms with Gasteiger partial charge in [0.2, 0.25) is 0 Å². The van der Waals surface area contributed by atoms with Crippen molar-refractivity contribution in [3.8, 4) is 5.69 Å². The summed E-state index contributed by atoms with van der Waals surface area (Å²) in [5.74, 6) is 0.0733. The molecule has 2 aromatic rings. The van der Waals surface area contributed by atoms with E-state index >= 15 is 0 Å². The normalized spacial score (nSPS) is 20.5.